The predicted molar refractivity (Wildman–Crippen MR) is 99.4 cm³/mol. The second-order valence-corrected chi connectivity index (χ2v) is 6.07. The molecule has 0 aromatic heterocycles. The second kappa shape index (κ2) is 8.99. The quantitative estimate of drug-likeness (QED) is 0.688. The fourth-order valence-corrected chi connectivity index (χ4v) is 2.55. The van der Waals surface area contributed by atoms with Crippen molar-refractivity contribution in [1.29, 1.82) is 0 Å². The number of aliphatic carboxylic acids is 1. The summed E-state index contributed by atoms with van der Waals surface area (Å²) in [6.45, 7) is 3.74. The van der Waals surface area contributed by atoms with E-state index in [9.17, 15) is 14.7 Å². The van der Waals surface area contributed by atoms with Crippen LogP contribution in [0.2, 0.25) is 0 Å². The van der Waals surface area contributed by atoms with E-state index in [1.807, 2.05) is 68.4 Å². The summed E-state index contributed by atoms with van der Waals surface area (Å²) in [5, 5.41) is 14.8. The Bertz CT molecular complexity index is 699. The largest absolute Gasteiger partial charge is 0.480 e. The van der Waals surface area contributed by atoms with Crippen LogP contribution in [0.1, 0.15) is 20.3 Å². The van der Waals surface area contributed by atoms with Crippen molar-refractivity contribution in [3.8, 4) is 11.1 Å². The van der Waals surface area contributed by atoms with Gasteiger partial charge in [-0.2, -0.15) is 0 Å². The third kappa shape index (κ3) is 5.43. The third-order valence-electron chi connectivity index (χ3n) is 4.24. The Labute approximate surface area is 148 Å². The molecule has 2 rings (SSSR count). The lowest BCUT2D eigenvalue weighted by molar-refractivity contribution is -0.140. The molecule has 0 heterocycles. The molecule has 5 nitrogen and oxygen atoms in total. The number of carbonyl (C=O) groups is 2. The van der Waals surface area contributed by atoms with Gasteiger partial charge in [0.2, 0.25) is 5.91 Å². The molecule has 0 spiro atoms. The highest BCUT2D eigenvalue weighted by atomic mass is 16.4. The lowest BCUT2D eigenvalue weighted by Crippen LogP contribution is -2.45. The van der Waals surface area contributed by atoms with Crippen LogP contribution in [0.25, 0.3) is 11.1 Å². The van der Waals surface area contributed by atoms with Crippen LogP contribution in [0, 0.1) is 5.92 Å². The maximum absolute atomic E-state index is 12.0. The van der Waals surface area contributed by atoms with Crippen LogP contribution in [-0.2, 0) is 9.59 Å². The van der Waals surface area contributed by atoms with E-state index in [-0.39, 0.29) is 18.4 Å². The summed E-state index contributed by atoms with van der Waals surface area (Å²) < 4.78 is 0. The topological polar surface area (TPSA) is 78.4 Å². The van der Waals surface area contributed by atoms with Gasteiger partial charge in [0.1, 0.15) is 6.04 Å². The molecule has 2 aromatic carbocycles. The maximum Gasteiger partial charge on any atom is 0.320 e. The monoisotopic (exact) mass is 340 g/mol. The van der Waals surface area contributed by atoms with Gasteiger partial charge < -0.3 is 10.4 Å². The number of carboxylic acids is 1. The van der Waals surface area contributed by atoms with Crippen molar-refractivity contribution in [2.45, 2.75) is 26.3 Å². The van der Waals surface area contributed by atoms with E-state index in [4.69, 9.17) is 0 Å². The van der Waals surface area contributed by atoms with Crippen LogP contribution in [0.3, 0.4) is 0 Å². The number of hydrogen-bond donors (Lipinski definition) is 3. The van der Waals surface area contributed by atoms with E-state index in [0.717, 1.165) is 17.5 Å². The minimum absolute atomic E-state index is 0.0399. The van der Waals surface area contributed by atoms with Gasteiger partial charge in [-0.05, 0) is 29.2 Å². The smallest absolute Gasteiger partial charge is 0.320 e. The molecule has 0 saturated carbocycles. The molecular formula is C20H24N2O3. The summed E-state index contributed by atoms with van der Waals surface area (Å²) in [7, 11) is 0. The van der Waals surface area contributed by atoms with Crippen molar-refractivity contribution in [2.24, 2.45) is 5.92 Å². The summed E-state index contributed by atoms with van der Waals surface area (Å²) in [5.41, 5.74) is 2.86. The lowest BCUT2D eigenvalue weighted by atomic mass is 9.99. The van der Waals surface area contributed by atoms with Crippen molar-refractivity contribution >= 4 is 17.6 Å². The third-order valence-corrected chi connectivity index (χ3v) is 4.24. The predicted octanol–water partition coefficient (Wildman–Crippen LogP) is 3.38. The molecule has 0 aliphatic rings. The molecule has 25 heavy (non-hydrogen) atoms. The minimum Gasteiger partial charge on any atom is -0.480 e. The van der Waals surface area contributed by atoms with Crippen LogP contribution in [0.15, 0.2) is 54.6 Å². The second-order valence-electron chi connectivity index (χ2n) is 6.07. The zero-order valence-electron chi connectivity index (χ0n) is 14.5. The lowest BCUT2D eigenvalue weighted by Gasteiger charge is -2.19. The fraction of sp³-hybridized carbons (Fsp3) is 0.300. The average Bonchev–Trinajstić information content (AvgIpc) is 2.62. The standard InChI is InChI=1S/C20H24N2O3/c1-3-14(2)19(20(24)25)21-13-18(23)22-17-11-9-16(10-12-17)15-7-5-4-6-8-15/h4-12,14,19,21H,3,13H2,1-2H3,(H,22,23)(H,24,25)/t14-,19-/m0/s1. The van der Waals surface area contributed by atoms with Crippen molar-refractivity contribution in [3.05, 3.63) is 54.6 Å². The van der Waals surface area contributed by atoms with E-state index in [1.54, 1.807) is 0 Å². The van der Waals surface area contributed by atoms with E-state index in [0.29, 0.717) is 5.69 Å². The first-order chi connectivity index (χ1) is 12.0. The van der Waals surface area contributed by atoms with Crippen LogP contribution in [-0.4, -0.2) is 29.6 Å². The number of hydrogen-bond acceptors (Lipinski definition) is 3. The minimum atomic E-state index is -0.936. The van der Waals surface area contributed by atoms with Crippen LogP contribution in [0.4, 0.5) is 5.69 Å². The van der Waals surface area contributed by atoms with E-state index < -0.39 is 12.0 Å². The number of nitrogens with one attached hydrogen (secondary N) is 2. The summed E-state index contributed by atoms with van der Waals surface area (Å²) >= 11 is 0. The molecule has 0 unspecified atom stereocenters. The number of amides is 1. The Morgan fingerprint density at radius 3 is 2.16 bits per heavy atom. The summed E-state index contributed by atoms with van der Waals surface area (Å²) in [6, 6.07) is 16.8. The summed E-state index contributed by atoms with van der Waals surface area (Å²) in [5.74, 6) is -1.24. The van der Waals surface area contributed by atoms with Crippen molar-refractivity contribution in [3.63, 3.8) is 0 Å². The Kier molecular flexibility index (Phi) is 6.71. The van der Waals surface area contributed by atoms with E-state index >= 15 is 0 Å². The summed E-state index contributed by atoms with van der Waals surface area (Å²) in [6.07, 6.45) is 0.729. The first-order valence-electron chi connectivity index (χ1n) is 8.42. The maximum atomic E-state index is 12.0. The number of rotatable bonds is 8. The van der Waals surface area contributed by atoms with Gasteiger partial charge in [0, 0.05) is 5.69 Å². The highest BCUT2D eigenvalue weighted by Crippen LogP contribution is 2.20. The Morgan fingerprint density at radius 1 is 1.00 bits per heavy atom. The zero-order chi connectivity index (χ0) is 18.2. The molecule has 0 saturated heterocycles. The van der Waals surface area contributed by atoms with Crippen LogP contribution >= 0.6 is 0 Å². The molecule has 2 atom stereocenters. The molecule has 0 aliphatic heterocycles. The number of carboxylic acid groups (broad SMARTS) is 1. The average molecular weight is 340 g/mol. The van der Waals surface area contributed by atoms with Gasteiger partial charge in [0.15, 0.2) is 0 Å². The van der Waals surface area contributed by atoms with Gasteiger partial charge in [-0.3, -0.25) is 14.9 Å². The molecular weight excluding hydrogens is 316 g/mol. The fourth-order valence-electron chi connectivity index (χ4n) is 2.55. The zero-order valence-corrected chi connectivity index (χ0v) is 14.5. The number of anilines is 1. The first kappa shape index (κ1) is 18.7. The molecule has 0 aliphatic carbocycles. The van der Waals surface area contributed by atoms with Crippen molar-refractivity contribution in [1.82, 2.24) is 5.32 Å². The molecule has 0 bridgehead atoms. The Balaban J connectivity index is 1.91. The first-order valence-corrected chi connectivity index (χ1v) is 8.42. The molecule has 3 N–H and O–H groups in total. The summed E-state index contributed by atoms with van der Waals surface area (Å²) in [4.78, 5) is 23.3. The molecule has 132 valence electrons. The van der Waals surface area contributed by atoms with Crippen molar-refractivity contribution in [2.75, 3.05) is 11.9 Å². The Morgan fingerprint density at radius 2 is 1.60 bits per heavy atom. The van der Waals surface area contributed by atoms with Gasteiger partial charge in [-0.25, -0.2) is 0 Å². The molecule has 1 amide bonds. The van der Waals surface area contributed by atoms with Crippen molar-refractivity contribution < 1.29 is 14.7 Å². The van der Waals surface area contributed by atoms with Gasteiger partial charge >= 0.3 is 5.97 Å². The van der Waals surface area contributed by atoms with Gasteiger partial charge in [-0.15, -0.1) is 0 Å². The Hall–Kier alpha value is -2.66. The van der Waals surface area contributed by atoms with Gasteiger partial charge in [0.05, 0.1) is 6.54 Å². The molecule has 2 aromatic rings. The van der Waals surface area contributed by atoms with Crippen LogP contribution < -0.4 is 10.6 Å². The molecule has 5 heteroatoms. The highest BCUT2D eigenvalue weighted by molar-refractivity contribution is 5.92. The highest BCUT2D eigenvalue weighted by Gasteiger charge is 2.23. The molecule has 0 radical (unpaired) electrons. The number of benzene rings is 2. The van der Waals surface area contributed by atoms with E-state index in [1.165, 1.54) is 0 Å². The normalized spacial score (nSPS) is 13.0. The SMILES string of the molecule is CC[C@H](C)[C@H](NCC(=O)Nc1ccc(-c2ccccc2)cc1)C(=O)O. The van der Waals surface area contributed by atoms with Gasteiger partial charge in [0.25, 0.3) is 0 Å². The number of carbonyl (C=O) groups excluding carboxylic acids is 1. The molecule has 0 fully saturated rings. The van der Waals surface area contributed by atoms with E-state index in [2.05, 4.69) is 10.6 Å². The van der Waals surface area contributed by atoms with Crippen LogP contribution in [0.5, 0.6) is 0 Å². The van der Waals surface area contributed by atoms with Gasteiger partial charge in [-0.1, -0.05) is 62.7 Å².